The molecule has 1 unspecified atom stereocenters. The van der Waals surface area contributed by atoms with Gasteiger partial charge in [0.25, 0.3) is 0 Å². The first kappa shape index (κ1) is 12.9. The normalized spacial score (nSPS) is 15.7. The van der Waals surface area contributed by atoms with Crippen molar-refractivity contribution in [3.05, 3.63) is 78.9 Å². The van der Waals surface area contributed by atoms with Gasteiger partial charge in [-0.1, -0.05) is 60.7 Å². The molecule has 0 aromatic heterocycles. The third-order valence-corrected chi connectivity index (χ3v) is 5.64. The molecule has 1 heterocycles. The molecule has 23 heavy (non-hydrogen) atoms. The SMILES string of the molecule is c1ccc2c(OP3Oc4cccc5cccc3c45)cccc2c1. The van der Waals surface area contributed by atoms with E-state index >= 15 is 0 Å². The molecule has 1 aliphatic heterocycles. The largest absolute Gasteiger partial charge is 0.435 e. The van der Waals surface area contributed by atoms with Crippen LogP contribution in [0.2, 0.25) is 0 Å². The number of rotatable bonds is 2. The van der Waals surface area contributed by atoms with E-state index in [0.29, 0.717) is 0 Å². The van der Waals surface area contributed by atoms with Gasteiger partial charge in [-0.3, -0.25) is 0 Å². The Morgan fingerprint density at radius 2 is 1.43 bits per heavy atom. The molecule has 4 aromatic carbocycles. The van der Waals surface area contributed by atoms with Crippen LogP contribution in [0.3, 0.4) is 0 Å². The number of hydrogen-bond acceptors (Lipinski definition) is 2. The van der Waals surface area contributed by atoms with Crippen LogP contribution >= 0.6 is 8.38 Å². The molecule has 0 saturated carbocycles. The van der Waals surface area contributed by atoms with Crippen LogP contribution in [0.25, 0.3) is 21.5 Å². The van der Waals surface area contributed by atoms with Gasteiger partial charge in [-0.25, -0.2) is 0 Å². The van der Waals surface area contributed by atoms with Gasteiger partial charge < -0.3 is 9.05 Å². The highest BCUT2D eigenvalue weighted by molar-refractivity contribution is 7.58. The first-order chi connectivity index (χ1) is 11.4. The van der Waals surface area contributed by atoms with E-state index in [-0.39, 0.29) is 0 Å². The zero-order valence-corrected chi connectivity index (χ0v) is 13.2. The number of benzene rings is 4. The van der Waals surface area contributed by atoms with E-state index in [4.69, 9.17) is 9.05 Å². The summed E-state index contributed by atoms with van der Waals surface area (Å²) in [5, 5.41) is 5.83. The Balaban J connectivity index is 1.61. The lowest BCUT2D eigenvalue weighted by Crippen LogP contribution is -2.04. The van der Waals surface area contributed by atoms with Crippen LogP contribution in [0.15, 0.2) is 78.9 Å². The minimum atomic E-state index is -1.14. The molecule has 3 heteroatoms. The van der Waals surface area contributed by atoms with Crippen LogP contribution < -0.4 is 14.4 Å². The van der Waals surface area contributed by atoms with Crippen LogP contribution in [-0.2, 0) is 0 Å². The molecule has 0 saturated heterocycles. The zero-order valence-electron chi connectivity index (χ0n) is 12.3. The van der Waals surface area contributed by atoms with E-state index in [1.165, 1.54) is 16.2 Å². The molecule has 0 fully saturated rings. The Morgan fingerprint density at radius 1 is 0.696 bits per heavy atom. The third-order valence-electron chi connectivity index (χ3n) is 4.15. The van der Waals surface area contributed by atoms with Gasteiger partial charge in [0.05, 0.1) is 5.30 Å². The number of hydrogen-bond donors (Lipinski definition) is 0. The van der Waals surface area contributed by atoms with E-state index in [2.05, 4.69) is 42.5 Å². The summed E-state index contributed by atoms with van der Waals surface area (Å²) in [4.78, 5) is 0. The second-order valence-corrected chi connectivity index (χ2v) is 6.91. The lowest BCUT2D eigenvalue weighted by atomic mass is 10.1. The molecule has 0 bridgehead atoms. The fourth-order valence-electron chi connectivity index (χ4n) is 3.09. The van der Waals surface area contributed by atoms with Crippen molar-refractivity contribution in [3.63, 3.8) is 0 Å². The molecule has 1 atom stereocenters. The van der Waals surface area contributed by atoms with Gasteiger partial charge >= 0.3 is 8.38 Å². The molecular formula is C20H13O2P. The fraction of sp³-hybridized carbons (Fsp3) is 0. The van der Waals surface area contributed by atoms with Crippen LogP contribution in [0, 0.1) is 0 Å². The summed E-state index contributed by atoms with van der Waals surface area (Å²) < 4.78 is 12.4. The summed E-state index contributed by atoms with van der Waals surface area (Å²) in [6.07, 6.45) is 0. The predicted octanol–water partition coefficient (Wildman–Crippen LogP) is 5.40. The summed E-state index contributed by atoms with van der Waals surface area (Å²) in [5.41, 5.74) is 0. The highest BCUT2D eigenvalue weighted by atomic mass is 31.2. The molecule has 5 rings (SSSR count). The van der Waals surface area contributed by atoms with Gasteiger partial charge in [0.1, 0.15) is 11.5 Å². The maximum Gasteiger partial charge on any atom is 0.326 e. The Morgan fingerprint density at radius 3 is 2.39 bits per heavy atom. The molecule has 1 aliphatic rings. The van der Waals surface area contributed by atoms with Gasteiger partial charge in [0.15, 0.2) is 0 Å². The fourth-order valence-corrected chi connectivity index (χ4v) is 4.62. The van der Waals surface area contributed by atoms with Crippen LogP contribution in [0.4, 0.5) is 0 Å². The second-order valence-electron chi connectivity index (χ2n) is 5.55. The highest BCUT2D eigenvalue weighted by Crippen LogP contribution is 2.50. The number of fused-ring (bicyclic) bond motifs is 1. The average Bonchev–Trinajstić information content (AvgIpc) is 2.95. The van der Waals surface area contributed by atoms with Crippen molar-refractivity contribution in [3.8, 4) is 11.5 Å². The Bertz CT molecular complexity index is 1030. The molecule has 4 aromatic rings. The second kappa shape index (κ2) is 4.97. The van der Waals surface area contributed by atoms with E-state index in [9.17, 15) is 0 Å². The molecule has 0 N–H and O–H groups in total. The lowest BCUT2D eigenvalue weighted by molar-refractivity contribution is 0.514. The van der Waals surface area contributed by atoms with Gasteiger partial charge in [0, 0.05) is 10.8 Å². The molecule has 110 valence electrons. The predicted molar refractivity (Wildman–Crippen MR) is 95.7 cm³/mol. The molecule has 0 spiro atoms. The van der Waals surface area contributed by atoms with E-state index in [0.717, 1.165) is 22.2 Å². The van der Waals surface area contributed by atoms with E-state index in [1.54, 1.807) is 0 Å². The average molecular weight is 316 g/mol. The Labute approximate surface area is 135 Å². The quantitative estimate of drug-likeness (QED) is 0.461. The molecule has 2 nitrogen and oxygen atoms in total. The van der Waals surface area contributed by atoms with Crippen LogP contribution in [0.1, 0.15) is 0 Å². The van der Waals surface area contributed by atoms with Gasteiger partial charge in [-0.15, -0.1) is 0 Å². The maximum atomic E-state index is 6.30. The lowest BCUT2D eigenvalue weighted by Gasteiger charge is -2.14. The third kappa shape index (κ3) is 1.99. The molecular weight excluding hydrogens is 303 g/mol. The zero-order chi connectivity index (χ0) is 15.2. The molecule has 0 radical (unpaired) electrons. The van der Waals surface area contributed by atoms with Crippen molar-refractivity contribution in [2.45, 2.75) is 0 Å². The van der Waals surface area contributed by atoms with Crippen molar-refractivity contribution in [1.82, 2.24) is 0 Å². The maximum absolute atomic E-state index is 6.30. The first-order valence-electron chi connectivity index (χ1n) is 7.56. The van der Waals surface area contributed by atoms with Crippen LogP contribution in [-0.4, -0.2) is 0 Å². The van der Waals surface area contributed by atoms with Gasteiger partial charge in [-0.05, 0) is 29.0 Å². The van der Waals surface area contributed by atoms with E-state index < -0.39 is 8.38 Å². The summed E-state index contributed by atoms with van der Waals surface area (Å²) in [6, 6.07) is 26.8. The molecule has 0 amide bonds. The summed E-state index contributed by atoms with van der Waals surface area (Å²) in [6.45, 7) is 0. The van der Waals surface area contributed by atoms with Gasteiger partial charge in [0.2, 0.25) is 0 Å². The standard InChI is InChI=1S/C20H13O2P/c1-2-10-16-14(6-1)7-3-11-17(16)21-23-19-13-5-9-15-8-4-12-18(22-23)20(15)19/h1-13H. The van der Waals surface area contributed by atoms with Crippen molar-refractivity contribution in [2.75, 3.05) is 0 Å². The Kier molecular flexibility index (Phi) is 2.79. The first-order valence-corrected chi connectivity index (χ1v) is 8.73. The highest BCUT2D eigenvalue weighted by Gasteiger charge is 2.29. The van der Waals surface area contributed by atoms with Crippen molar-refractivity contribution >= 4 is 35.2 Å². The Hall–Kier alpha value is -2.57. The van der Waals surface area contributed by atoms with Crippen molar-refractivity contribution < 1.29 is 9.05 Å². The monoisotopic (exact) mass is 316 g/mol. The van der Waals surface area contributed by atoms with E-state index in [1.807, 2.05) is 36.4 Å². The topological polar surface area (TPSA) is 18.5 Å². The van der Waals surface area contributed by atoms with Gasteiger partial charge in [-0.2, -0.15) is 0 Å². The van der Waals surface area contributed by atoms with Crippen molar-refractivity contribution in [2.24, 2.45) is 0 Å². The molecule has 0 aliphatic carbocycles. The minimum Gasteiger partial charge on any atom is -0.435 e. The van der Waals surface area contributed by atoms with Crippen molar-refractivity contribution in [1.29, 1.82) is 0 Å². The minimum absolute atomic E-state index is 0.874. The summed E-state index contributed by atoms with van der Waals surface area (Å²) >= 11 is 0. The smallest absolute Gasteiger partial charge is 0.326 e. The summed E-state index contributed by atoms with van der Waals surface area (Å²) in [7, 11) is -1.14. The summed E-state index contributed by atoms with van der Waals surface area (Å²) in [5.74, 6) is 1.79. The van der Waals surface area contributed by atoms with Crippen LogP contribution in [0.5, 0.6) is 11.5 Å².